The van der Waals surface area contributed by atoms with Crippen molar-refractivity contribution in [3.8, 4) is 5.75 Å². The van der Waals surface area contributed by atoms with Gasteiger partial charge in [0, 0.05) is 18.5 Å². The van der Waals surface area contributed by atoms with Gasteiger partial charge in [-0.1, -0.05) is 44.5 Å². The molecule has 1 aliphatic heterocycles. The van der Waals surface area contributed by atoms with E-state index in [0.717, 1.165) is 31.8 Å². The van der Waals surface area contributed by atoms with E-state index in [1.54, 1.807) is 13.0 Å². The quantitative estimate of drug-likeness (QED) is 0.453. The molecule has 0 N–H and O–H groups in total. The molecule has 2 aliphatic rings. The van der Waals surface area contributed by atoms with E-state index in [0.29, 0.717) is 17.5 Å². The van der Waals surface area contributed by atoms with E-state index in [-0.39, 0.29) is 23.7 Å². The lowest BCUT2D eigenvalue weighted by molar-refractivity contribution is 0.0232. The lowest BCUT2D eigenvalue weighted by atomic mass is 9.83. The van der Waals surface area contributed by atoms with Gasteiger partial charge in [0.1, 0.15) is 6.10 Å². The maximum absolute atomic E-state index is 15.2. The van der Waals surface area contributed by atoms with Crippen molar-refractivity contribution in [3.05, 3.63) is 64.5 Å². The summed E-state index contributed by atoms with van der Waals surface area (Å²) in [5.41, 5.74) is 3.58. The van der Waals surface area contributed by atoms with Gasteiger partial charge < -0.3 is 4.74 Å². The summed E-state index contributed by atoms with van der Waals surface area (Å²) in [7, 11) is 0. The van der Waals surface area contributed by atoms with Crippen LogP contribution < -0.4 is 4.74 Å². The predicted octanol–water partition coefficient (Wildman–Crippen LogP) is 6.67. The van der Waals surface area contributed by atoms with Crippen molar-refractivity contribution in [2.75, 3.05) is 13.1 Å². The number of rotatable bonds is 7. The summed E-state index contributed by atoms with van der Waals surface area (Å²) < 4.78 is 21.7. The first-order chi connectivity index (χ1) is 15.5. The van der Waals surface area contributed by atoms with Gasteiger partial charge in [0.15, 0.2) is 17.3 Å². The molecule has 32 heavy (non-hydrogen) atoms. The molecule has 4 rings (SSSR count). The Morgan fingerprint density at radius 1 is 1.19 bits per heavy atom. The van der Waals surface area contributed by atoms with Gasteiger partial charge in [-0.2, -0.15) is 0 Å². The Kier molecular flexibility index (Phi) is 7.30. The Labute approximate surface area is 192 Å². The number of hydrogen-bond acceptors (Lipinski definition) is 3. The van der Waals surface area contributed by atoms with Crippen LogP contribution in [0.1, 0.15) is 85.5 Å². The standard InChI is InChI=1S/C28H36FNO2/c1-4-9-20-10-8-15-30(18-20)25-14-13-21-11-6-7-12-23(21)28(25)32-27-19(3)16-22(17-24(27)29)26(31)5-2/h6-7,11-12,16-17,20,25,28H,4-5,8-10,13-15,18H2,1-3H3. The first-order valence-corrected chi connectivity index (χ1v) is 12.3. The molecule has 0 spiro atoms. The average molecular weight is 438 g/mol. The molecular formula is C28H36FNO2. The Hall–Kier alpha value is -2.20. The number of Topliss-reactive ketones (excluding diaryl/α,β-unsaturated/α-hetero) is 1. The number of carbonyl (C=O) groups is 1. The molecule has 172 valence electrons. The second kappa shape index (κ2) is 10.2. The Morgan fingerprint density at radius 2 is 2.00 bits per heavy atom. The maximum atomic E-state index is 15.2. The number of carbonyl (C=O) groups excluding carboxylic acids is 1. The molecule has 4 heteroatoms. The van der Waals surface area contributed by atoms with Crippen LogP contribution in [0, 0.1) is 18.7 Å². The van der Waals surface area contributed by atoms with Crippen LogP contribution in [0.3, 0.4) is 0 Å². The van der Waals surface area contributed by atoms with Crippen molar-refractivity contribution in [2.45, 2.75) is 77.9 Å². The third-order valence-electron chi connectivity index (χ3n) is 7.25. The summed E-state index contributed by atoms with van der Waals surface area (Å²) in [6.45, 7) is 8.09. The smallest absolute Gasteiger partial charge is 0.166 e. The number of piperidine rings is 1. The van der Waals surface area contributed by atoms with Gasteiger partial charge in [0.25, 0.3) is 0 Å². The van der Waals surface area contributed by atoms with Crippen molar-refractivity contribution >= 4 is 5.78 Å². The highest BCUT2D eigenvalue weighted by molar-refractivity contribution is 5.96. The number of hydrogen-bond donors (Lipinski definition) is 0. The van der Waals surface area contributed by atoms with E-state index < -0.39 is 5.82 Å². The normalized spacial score (nSPS) is 23.6. The van der Waals surface area contributed by atoms with E-state index >= 15 is 4.39 Å². The third kappa shape index (κ3) is 4.76. The number of ketones is 1. The van der Waals surface area contributed by atoms with Crippen molar-refractivity contribution in [3.63, 3.8) is 0 Å². The number of fused-ring (bicyclic) bond motifs is 1. The fourth-order valence-electron chi connectivity index (χ4n) is 5.63. The molecule has 0 radical (unpaired) electrons. The molecule has 1 heterocycles. The highest BCUT2D eigenvalue weighted by atomic mass is 19.1. The Balaban J connectivity index is 1.66. The van der Waals surface area contributed by atoms with Crippen molar-refractivity contribution in [2.24, 2.45) is 5.92 Å². The lowest BCUT2D eigenvalue weighted by Gasteiger charge is -2.44. The van der Waals surface area contributed by atoms with E-state index in [1.165, 1.54) is 42.9 Å². The van der Waals surface area contributed by atoms with Gasteiger partial charge >= 0.3 is 0 Å². The molecule has 0 aromatic heterocycles. The molecule has 3 atom stereocenters. The van der Waals surface area contributed by atoms with Crippen LogP contribution in [0.2, 0.25) is 0 Å². The number of aryl methyl sites for hydroxylation is 2. The van der Waals surface area contributed by atoms with E-state index in [1.807, 2.05) is 6.92 Å². The summed E-state index contributed by atoms with van der Waals surface area (Å²) >= 11 is 0. The second-order valence-electron chi connectivity index (χ2n) is 9.52. The molecule has 1 aliphatic carbocycles. The zero-order valence-electron chi connectivity index (χ0n) is 19.7. The molecule has 3 nitrogen and oxygen atoms in total. The monoisotopic (exact) mass is 437 g/mol. The minimum Gasteiger partial charge on any atom is -0.481 e. The average Bonchev–Trinajstić information content (AvgIpc) is 2.81. The minimum atomic E-state index is -0.439. The number of halogens is 1. The van der Waals surface area contributed by atoms with Gasteiger partial charge in [-0.05, 0) is 80.3 Å². The molecule has 0 amide bonds. The van der Waals surface area contributed by atoms with Crippen LogP contribution in [-0.2, 0) is 6.42 Å². The SMILES string of the molecule is CCCC1CCCN(C2CCc3ccccc3C2Oc2c(C)cc(C(=O)CC)cc2F)C1. The molecule has 3 unspecified atom stereocenters. The van der Waals surface area contributed by atoms with Crippen LogP contribution in [0.25, 0.3) is 0 Å². The number of ether oxygens (including phenoxy) is 1. The van der Waals surface area contributed by atoms with Crippen LogP contribution in [0.15, 0.2) is 36.4 Å². The summed E-state index contributed by atoms with van der Waals surface area (Å²) in [4.78, 5) is 14.7. The van der Waals surface area contributed by atoms with Crippen LogP contribution in [0.4, 0.5) is 4.39 Å². The number of nitrogens with zero attached hydrogens (tertiary/aromatic N) is 1. The fraction of sp³-hybridized carbons (Fsp3) is 0.536. The second-order valence-corrected chi connectivity index (χ2v) is 9.52. The summed E-state index contributed by atoms with van der Waals surface area (Å²) in [6, 6.07) is 11.8. The predicted molar refractivity (Wildman–Crippen MR) is 127 cm³/mol. The van der Waals surface area contributed by atoms with Crippen molar-refractivity contribution in [1.82, 2.24) is 4.90 Å². The zero-order chi connectivity index (χ0) is 22.7. The van der Waals surface area contributed by atoms with E-state index in [4.69, 9.17) is 4.74 Å². The summed E-state index contributed by atoms with van der Waals surface area (Å²) in [6.07, 6.45) is 7.22. The molecule has 0 saturated carbocycles. The van der Waals surface area contributed by atoms with Crippen LogP contribution in [-0.4, -0.2) is 29.8 Å². The first-order valence-electron chi connectivity index (χ1n) is 12.3. The molecular weight excluding hydrogens is 401 g/mol. The first kappa shape index (κ1) is 23.0. The van der Waals surface area contributed by atoms with Gasteiger partial charge in [-0.25, -0.2) is 4.39 Å². The topological polar surface area (TPSA) is 29.5 Å². The molecule has 0 bridgehead atoms. The summed E-state index contributed by atoms with van der Waals surface area (Å²) in [5, 5.41) is 0. The van der Waals surface area contributed by atoms with E-state index in [2.05, 4.69) is 36.1 Å². The third-order valence-corrected chi connectivity index (χ3v) is 7.25. The molecule has 2 aromatic rings. The maximum Gasteiger partial charge on any atom is 0.166 e. The van der Waals surface area contributed by atoms with Crippen molar-refractivity contribution in [1.29, 1.82) is 0 Å². The Morgan fingerprint density at radius 3 is 2.75 bits per heavy atom. The minimum absolute atomic E-state index is 0.0466. The molecule has 1 saturated heterocycles. The molecule has 1 fully saturated rings. The summed E-state index contributed by atoms with van der Waals surface area (Å²) in [5.74, 6) is 0.539. The lowest BCUT2D eigenvalue weighted by Crippen LogP contribution is -2.48. The highest BCUT2D eigenvalue weighted by Crippen LogP contribution is 2.40. The van der Waals surface area contributed by atoms with Gasteiger partial charge in [-0.15, -0.1) is 0 Å². The fourth-order valence-corrected chi connectivity index (χ4v) is 5.63. The van der Waals surface area contributed by atoms with Crippen molar-refractivity contribution < 1.29 is 13.9 Å². The highest BCUT2D eigenvalue weighted by Gasteiger charge is 2.37. The largest absolute Gasteiger partial charge is 0.481 e. The number of benzene rings is 2. The number of likely N-dealkylation sites (tertiary alicyclic amines) is 1. The molecule has 2 aromatic carbocycles. The zero-order valence-corrected chi connectivity index (χ0v) is 19.7. The van der Waals surface area contributed by atoms with Gasteiger partial charge in [0.2, 0.25) is 0 Å². The van der Waals surface area contributed by atoms with E-state index in [9.17, 15) is 4.79 Å². The van der Waals surface area contributed by atoms with Gasteiger partial charge in [0.05, 0.1) is 6.04 Å². The Bertz CT molecular complexity index is 931. The van der Waals surface area contributed by atoms with Crippen LogP contribution in [0.5, 0.6) is 5.75 Å². The van der Waals surface area contributed by atoms with Crippen LogP contribution >= 0.6 is 0 Å². The van der Waals surface area contributed by atoms with Gasteiger partial charge in [-0.3, -0.25) is 9.69 Å².